The van der Waals surface area contributed by atoms with Crippen LogP contribution in [0.5, 0.6) is 5.75 Å². The zero-order valence-electron chi connectivity index (χ0n) is 11.0. The lowest BCUT2D eigenvalue weighted by atomic mass is 10.1. The van der Waals surface area contributed by atoms with Gasteiger partial charge < -0.3 is 15.0 Å². The molecule has 1 N–H and O–H groups in total. The van der Waals surface area contributed by atoms with Gasteiger partial charge in [-0.25, -0.2) is 0 Å². The monoisotopic (exact) mass is 256 g/mol. The maximum Gasteiger partial charge on any atom is 0.269 e. The lowest BCUT2D eigenvalue weighted by molar-refractivity contribution is -0.125. The number of carbonyl (C=O) groups is 1. The Morgan fingerprint density at radius 3 is 2.84 bits per heavy atom. The molecule has 1 heterocycles. The van der Waals surface area contributed by atoms with Crippen molar-refractivity contribution >= 4 is 22.4 Å². The van der Waals surface area contributed by atoms with E-state index in [1.165, 1.54) is 0 Å². The fourth-order valence-electron chi connectivity index (χ4n) is 2.46. The molecule has 98 valence electrons. The summed E-state index contributed by atoms with van der Waals surface area (Å²) in [7, 11) is 3.61. The molecule has 1 aliphatic heterocycles. The highest BCUT2D eigenvalue weighted by atomic mass is 16.5. The Labute approximate surface area is 112 Å². The molecule has 0 saturated heterocycles. The smallest absolute Gasteiger partial charge is 0.269 e. The van der Waals surface area contributed by atoms with Gasteiger partial charge in [0.05, 0.1) is 5.69 Å². The molecule has 1 amide bonds. The molecule has 1 aliphatic rings. The molecule has 0 bridgehead atoms. The minimum absolute atomic E-state index is 0.0165. The SMILES string of the molecule is CNCC1Oc2c(ccc3ccccc23)N(C)C1=O. The summed E-state index contributed by atoms with van der Waals surface area (Å²) in [6.07, 6.45) is -0.465. The van der Waals surface area contributed by atoms with Crippen LogP contribution in [0.1, 0.15) is 0 Å². The maximum absolute atomic E-state index is 12.2. The third-order valence-electron chi connectivity index (χ3n) is 3.48. The van der Waals surface area contributed by atoms with Gasteiger partial charge in [-0.1, -0.05) is 30.3 Å². The van der Waals surface area contributed by atoms with Gasteiger partial charge in [-0.3, -0.25) is 4.79 Å². The van der Waals surface area contributed by atoms with Crippen LogP contribution in [0.15, 0.2) is 36.4 Å². The van der Waals surface area contributed by atoms with Crippen LogP contribution < -0.4 is 15.0 Å². The van der Waals surface area contributed by atoms with E-state index in [-0.39, 0.29) is 5.91 Å². The number of amides is 1. The number of nitrogens with one attached hydrogen (secondary N) is 1. The molecule has 19 heavy (non-hydrogen) atoms. The summed E-state index contributed by atoms with van der Waals surface area (Å²) in [4.78, 5) is 13.8. The number of benzene rings is 2. The van der Waals surface area contributed by atoms with Gasteiger partial charge in [-0.05, 0) is 18.5 Å². The van der Waals surface area contributed by atoms with E-state index in [2.05, 4.69) is 5.32 Å². The van der Waals surface area contributed by atoms with E-state index in [0.717, 1.165) is 22.2 Å². The fourth-order valence-corrected chi connectivity index (χ4v) is 2.46. The average molecular weight is 256 g/mol. The summed E-state index contributed by atoms with van der Waals surface area (Å²) in [6, 6.07) is 12.0. The zero-order valence-corrected chi connectivity index (χ0v) is 11.0. The van der Waals surface area contributed by atoms with Crippen molar-refractivity contribution in [2.75, 3.05) is 25.5 Å². The number of carbonyl (C=O) groups excluding carboxylic acids is 1. The van der Waals surface area contributed by atoms with E-state index in [1.807, 2.05) is 43.4 Å². The third-order valence-corrected chi connectivity index (χ3v) is 3.48. The quantitative estimate of drug-likeness (QED) is 0.890. The van der Waals surface area contributed by atoms with Crippen molar-refractivity contribution < 1.29 is 9.53 Å². The fraction of sp³-hybridized carbons (Fsp3) is 0.267. The summed E-state index contributed by atoms with van der Waals surface area (Å²) >= 11 is 0. The molecule has 3 rings (SSSR count). The van der Waals surface area contributed by atoms with Gasteiger partial charge in [-0.15, -0.1) is 0 Å². The maximum atomic E-state index is 12.2. The van der Waals surface area contributed by atoms with Gasteiger partial charge >= 0.3 is 0 Å². The van der Waals surface area contributed by atoms with Crippen LogP contribution in [0, 0.1) is 0 Å². The van der Waals surface area contributed by atoms with Gasteiger partial charge in [-0.2, -0.15) is 0 Å². The molecule has 2 aromatic carbocycles. The van der Waals surface area contributed by atoms with Gasteiger partial charge in [0.25, 0.3) is 5.91 Å². The summed E-state index contributed by atoms with van der Waals surface area (Å²) in [5, 5.41) is 5.15. The number of fused-ring (bicyclic) bond motifs is 3. The molecule has 0 fully saturated rings. The Morgan fingerprint density at radius 2 is 2.05 bits per heavy atom. The van der Waals surface area contributed by atoms with Crippen molar-refractivity contribution in [3.05, 3.63) is 36.4 Å². The first-order valence-electron chi connectivity index (χ1n) is 6.33. The van der Waals surface area contributed by atoms with Crippen LogP contribution in [-0.2, 0) is 4.79 Å². The number of likely N-dealkylation sites (N-methyl/N-ethyl adjacent to an activating group) is 2. The molecule has 1 unspecified atom stereocenters. The minimum atomic E-state index is -0.465. The van der Waals surface area contributed by atoms with E-state index < -0.39 is 6.10 Å². The molecule has 0 saturated carbocycles. The Bertz CT molecular complexity index is 639. The van der Waals surface area contributed by atoms with E-state index >= 15 is 0 Å². The third kappa shape index (κ3) is 1.85. The van der Waals surface area contributed by atoms with Gasteiger partial charge in [0.15, 0.2) is 11.9 Å². The van der Waals surface area contributed by atoms with Crippen LogP contribution in [0.2, 0.25) is 0 Å². The number of anilines is 1. The van der Waals surface area contributed by atoms with Gasteiger partial charge in [0, 0.05) is 19.0 Å². The number of rotatable bonds is 2. The van der Waals surface area contributed by atoms with Crippen LogP contribution in [-0.4, -0.2) is 32.7 Å². The summed E-state index contributed by atoms with van der Waals surface area (Å²) < 4.78 is 5.91. The average Bonchev–Trinajstić information content (AvgIpc) is 2.44. The number of hydrogen-bond donors (Lipinski definition) is 1. The lowest BCUT2D eigenvalue weighted by Crippen LogP contribution is -2.48. The van der Waals surface area contributed by atoms with Crippen LogP contribution >= 0.6 is 0 Å². The number of hydrogen-bond acceptors (Lipinski definition) is 3. The Morgan fingerprint density at radius 1 is 1.26 bits per heavy atom. The summed E-state index contributed by atoms with van der Waals surface area (Å²) in [5.74, 6) is 0.776. The second kappa shape index (κ2) is 4.55. The van der Waals surface area contributed by atoms with Gasteiger partial charge in [0.2, 0.25) is 0 Å². The van der Waals surface area contributed by atoms with Crippen LogP contribution in [0.4, 0.5) is 5.69 Å². The molecular weight excluding hydrogens is 240 g/mol. The van der Waals surface area contributed by atoms with Crippen molar-refractivity contribution in [1.82, 2.24) is 5.32 Å². The van der Waals surface area contributed by atoms with Crippen molar-refractivity contribution in [3.8, 4) is 5.75 Å². The number of nitrogens with zero attached hydrogens (tertiary/aromatic N) is 1. The van der Waals surface area contributed by atoms with E-state index in [1.54, 1.807) is 11.9 Å². The summed E-state index contributed by atoms with van der Waals surface area (Å²) in [6.45, 7) is 0.506. The predicted octanol–water partition coefficient (Wildman–Crippen LogP) is 1.78. The molecule has 2 aromatic rings. The largest absolute Gasteiger partial charge is 0.476 e. The predicted molar refractivity (Wildman–Crippen MR) is 75.7 cm³/mol. The first kappa shape index (κ1) is 12.0. The molecule has 0 radical (unpaired) electrons. The van der Waals surface area contributed by atoms with E-state index in [0.29, 0.717) is 6.54 Å². The highest BCUT2D eigenvalue weighted by Crippen LogP contribution is 2.39. The second-order valence-corrected chi connectivity index (χ2v) is 4.70. The minimum Gasteiger partial charge on any atom is -0.476 e. The Hall–Kier alpha value is -2.07. The molecule has 0 spiro atoms. The summed E-state index contributed by atoms with van der Waals surface area (Å²) in [5.41, 5.74) is 0.830. The Balaban J connectivity index is 2.16. The van der Waals surface area contributed by atoms with Gasteiger partial charge in [0.1, 0.15) is 0 Å². The van der Waals surface area contributed by atoms with Crippen LogP contribution in [0.3, 0.4) is 0 Å². The number of ether oxygens (including phenoxy) is 1. The van der Waals surface area contributed by atoms with Crippen LogP contribution in [0.25, 0.3) is 10.8 Å². The van der Waals surface area contributed by atoms with E-state index in [4.69, 9.17) is 4.74 Å². The Kier molecular flexibility index (Phi) is 2.87. The standard InChI is InChI=1S/C15H16N2O2/c1-16-9-13-15(18)17(2)12-8-7-10-5-3-4-6-11(10)14(12)19-13/h3-8,13,16H,9H2,1-2H3. The van der Waals surface area contributed by atoms with Crippen molar-refractivity contribution in [2.24, 2.45) is 0 Å². The van der Waals surface area contributed by atoms with Crippen molar-refractivity contribution in [3.63, 3.8) is 0 Å². The van der Waals surface area contributed by atoms with Crippen molar-refractivity contribution in [2.45, 2.75) is 6.10 Å². The highest BCUT2D eigenvalue weighted by molar-refractivity contribution is 6.05. The first-order valence-corrected chi connectivity index (χ1v) is 6.33. The molecule has 4 nitrogen and oxygen atoms in total. The molecular formula is C15H16N2O2. The zero-order chi connectivity index (χ0) is 13.4. The second-order valence-electron chi connectivity index (χ2n) is 4.70. The van der Waals surface area contributed by atoms with E-state index in [9.17, 15) is 4.79 Å². The highest BCUT2D eigenvalue weighted by Gasteiger charge is 2.32. The molecule has 0 aromatic heterocycles. The molecule has 1 atom stereocenters. The lowest BCUT2D eigenvalue weighted by Gasteiger charge is -2.32. The topological polar surface area (TPSA) is 41.6 Å². The normalized spacial score (nSPS) is 18.3. The molecule has 0 aliphatic carbocycles. The van der Waals surface area contributed by atoms with Crippen molar-refractivity contribution in [1.29, 1.82) is 0 Å². The molecule has 4 heteroatoms. The first-order chi connectivity index (χ1) is 9.22.